The number of hydrogen-bond acceptors (Lipinski definition) is 2. The number of nitrogens with zero attached hydrogens (tertiary/aromatic N) is 2. The van der Waals surface area contributed by atoms with Gasteiger partial charge in [-0.3, -0.25) is 0 Å². The highest BCUT2D eigenvalue weighted by atomic mass is 19.1. The average Bonchev–Trinajstić information content (AvgIpc) is 2.15. The zero-order valence-corrected chi connectivity index (χ0v) is 7.71. The molecule has 0 heterocycles. The van der Waals surface area contributed by atoms with Crippen molar-refractivity contribution in [1.29, 1.82) is 5.26 Å². The van der Waals surface area contributed by atoms with Crippen LogP contribution in [0.15, 0.2) is 18.2 Å². The van der Waals surface area contributed by atoms with Crippen LogP contribution in [-0.4, -0.2) is 13.6 Å². The number of anilines is 1. The van der Waals surface area contributed by atoms with Crippen molar-refractivity contribution in [2.45, 2.75) is 6.92 Å². The zero-order chi connectivity index (χ0) is 9.84. The smallest absolute Gasteiger partial charge is 0.126 e. The van der Waals surface area contributed by atoms with Gasteiger partial charge in [0.1, 0.15) is 5.82 Å². The fourth-order valence-electron chi connectivity index (χ4n) is 1.04. The number of halogens is 1. The Morgan fingerprint density at radius 1 is 1.46 bits per heavy atom. The summed E-state index contributed by atoms with van der Waals surface area (Å²) in [6.07, 6.45) is 0. The van der Waals surface area contributed by atoms with Crippen LogP contribution in [0.25, 0.3) is 0 Å². The first-order valence-electron chi connectivity index (χ1n) is 4.09. The molecule has 0 saturated carbocycles. The van der Waals surface area contributed by atoms with Crippen molar-refractivity contribution in [3.05, 3.63) is 29.6 Å². The first kappa shape index (κ1) is 9.53. The summed E-state index contributed by atoms with van der Waals surface area (Å²) >= 11 is 0. The van der Waals surface area contributed by atoms with Gasteiger partial charge in [-0.05, 0) is 25.1 Å². The third-order valence-corrected chi connectivity index (χ3v) is 1.93. The van der Waals surface area contributed by atoms with Crippen LogP contribution >= 0.6 is 0 Å². The van der Waals surface area contributed by atoms with E-state index in [-0.39, 0.29) is 5.82 Å². The van der Waals surface area contributed by atoms with Crippen LogP contribution in [0.1, 0.15) is 12.5 Å². The van der Waals surface area contributed by atoms with E-state index in [1.165, 1.54) is 12.1 Å². The van der Waals surface area contributed by atoms with Gasteiger partial charge in [-0.25, -0.2) is 4.39 Å². The lowest BCUT2D eigenvalue weighted by atomic mass is 10.2. The molecule has 0 unspecified atom stereocenters. The summed E-state index contributed by atoms with van der Waals surface area (Å²) in [6.45, 7) is 2.76. The Labute approximate surface area is 77.2 Å². The van der Waals surface area contributed by atoms with Crippen LogP contribution in [0.2, 0.25) is 0 Å². The second kappa shape index (κ2) is 3.90. The molecular weight excluding hydrogens is 167 g/mol. The maximum atomic E-state index is 12.9. The quantitative estimate of drug-likeness (QED) is 0.693. The maximum absolute atomic E-state index is 12.9. The molecule has 0 N–H and O–H groups in total. The summed E-state index contributed by atoms with van der Waals surface area (Å²) in [6, 6.07) is 6.24. The Kier molecular flexibility index (Phi) is 2.86. The molecule has 0 amide bonds. The SMILES string of the molecule is CCN(C)c1cc(F)cc(C#N)c1. The van der Waals surface area contributed by atoms with E-state index in [1.807, 2.05) is 24.9 Å². The molecule has 0 aliphatic rings. The highest BCUT2D eigenvalue weighted by Gasteiger charge is 2.02. The monoisotopic (exact) mass is 178 g/mol. The predicted molar refractivity (Wildman–Crippen MR) is 50.1 cm³/mol. The molecule has 2 nitrogen and oxygen atoms in total. The molecule has 1 aromatic carbocycles. The van der Waals surface area contributed by atoms with Gasteiger partial charge in [0.2, 0.25) is 0 Å². The topological polar surface area (TPSA) is 27.0 Å². The molecule has 0 aliphatic heterocycles. The van der Waals surface area contributed by atoms with Gasteiger partial charge in [0.05, 0.1) is 11.6 Å². The van der Waals surface area contributed by atoms with E-state index in [1.54, 1.807) is 6.07 Å². The molecule has 0 radical (unpaired) electrons. The van der Waals surface area contributed by atoms with Crippen LogP contribution < -0.4 is 4.90 Å². The van der Waals surface area contributed by atoms with Gasteiger partial charge >= 0.3 is 0 Å². The molecule has 0 spiro atoms. The van der Waals surface area contributed by atoms with Crippen LogP contribution in [-0.2, 0) is 0 Å². The second-order valence-electron chi connectivity index (χ2n) is 2.82. The van der Waals surface area contributed by atoms with Gasteiger partial charge in [0, 0.05) is 19.3 Å². The minimum atomic E-state index is -0.366. The van der Waals surface area contributed by atoms with Crippen molar-refractivity contribution in [2.75, 3.05) is 18.5 Å². The highest BCUT2D eigenvalue weighted by molar-refractivity contribution is 5.51. The fourth-order valence-corrected chi connectivity index (χ4v) is 1.04. The van der Waals surface area contributed by atoms with E-state index >= 15 is 0 Å². The van der Waals surface area contributed by atoms with E-state index in [0.717, 1.165) is 12.2 Å². The molecule has 3 heteroatoms. The minimum Gasteiger partial charge on any atom is -0.375 e. The Morgan fingerprint density at radius 2 is 2.15 bits per heavy atom. The Bertz CT molecular complexity index is 341. The van der Waals surface area contributed by atoms with Crippen molar-refractivity contribution in [1.82, 2.24) is 0 Å². The Balaban J connectivity index is 3.10. The molecule has 0 bridgehead atoms. The second-order valence-corrected chi connectivity index (χ2v) is 2.82. The zero-order valence-electron chi connectivity index (χ0n) is 7.71. The molecule has 0 fully saturated rings. The first-order chi connectivity index (χ1) is 6.17. The van der Waals surface area contributed by atoms with Gasteiger partial charge in [0.25, 0.3) is 0 Å². The Morgan fingerprint density at radius 3 is 2.69 bits per heavy atom. The summed E-state index contributed by atoms with van der Waals surface area (Å²) in [7, 11) is 1.86. The van der Waals surface area contributed by atoms with Crippen molar-refractivity contribution in [3.63, 3.8) is 0 Å². The standard InChI is InChI=1S/C10H11FN2/c1-3-13(2)10-5-8(7-12)4-9(11)6-10/h4-6H,3H2,1-2H3. The van der Waals surface area contributed by atoms with Crippen molar-refractivity contribution in [3.8, 4) is 6.07 Å². The van der Waals surface area contributed by atoms with E-state index in [4.69, 9.17) is 5.26 Å². The third kappa shape index (κ3) is 2.19. The van der Waals surface area contributed by atoms with Gasteiger partial charge in [0.15, 0.2) is 0 Å². The maximum Gasteiger partial charge on any atom is 0.126 e. The lowest BCUT2D eigenvalue weighted by Crippen LogP contribution is -2.15. The molecule has 0 aromatic heterocycles. The summed E-state index contributed by atoms with van der Waals surface area (Å²) in [5, 5.41) is 8.61. The summed E-state index contributed by atoms with van der Waals surface area (Å²) < 4.78 is 12.9. The number of rotatable bonds is 2. The van der Waals surface area contributed by atoms with Gasteiger partial charge < -0.3 is 4.90 Å². The van der Waals surface area contributed by atoms with Crippen molar-refractivity contribution < 1.29 is 4.39 Å². The fraction of sp³-hybridized carbons (Fsp3) is 0.300. The summed E-state index contributed by atoms with van der Waals surface area (Å²) in [5.74, 6) is -0.366. The summed E-state index contributed by atoms with van der Waals surface area (Å²) in [4.78, 5) is 1.88. The van der Waals surface area contributed by atoms with Crippen LogP contribution in [0.5, 0.6) is 0 Å². The van der Waals surface area contributed by atoms with E-state index in [0.29, 0.717) is 5.56 Å². The normalized spacial score (nSPS) is 9.38. The lowest BCUT2D eigenvalue weighted by molar-refractivity contribution is 0.627. The third-order valence-electron chi connectivity index (χ3n) is 1.93. The molecule has 0 aliphatic carbocycles. The molecule has 1 rings (SSSR count). The molecule has 68 valence electrons. The van der Waals surface area contributed by atoms with Gasteiger partial charge in [-0.15, -0.1) is 0 Å². The van der Waals surface area contributed by atoms with E-state index in [9.17, 15) is 4.39 Å². The van der Waals surface area contributed by atoms with Crippen LogP contribution in [0.3, 0.4) is 0 Å². The van der Waals surface area contributed by atoms with Gasteiger partial charge in [-0.1, -0.05) is 0 Å². The van der Waals surface area contributed by atoms with E-state index in [2.05, 4.69) is 0 Å². The van der Waals surface area contributed by atoms with Crippen LogP contribution in [0, 0.1) is 17.1 Å². The average molecular weight is 178 g/mol. The molecule has 13 heavy (non-hydrogen) atoms. The van der Waals surface area contributed by atoms with Crippen molar-refractivity contribution >= 4 is 5.69 Å². The molecule has 1 aromatic rings. The number of hydrogen-bond donors (Lipinski definition) is 0. The minimum absolute atomic E-state index is 0.357. The van der Waals surface area contributed by atoms with Crippen LogP contribution in [0.4, 0.5) is 10.1 Å². The molecule has 0 atom stereocenters. The number of benzene rings is 1. The van der Waals surface area contributed by atoms with Gasteiger partial charge in [-0.2, -0.15) is 5.26 Å². The predicted octanol–water partition coefficient (Wildman–Crippen LogP) is 2.15. The van der Waals surface area contributed by atoms with Crippen molar-refractivity contribution in [2.24, 2.45) is 0 Å². The molecular formula is C10H11FN2. The Hall–Kier alpha value is -1.56. The summed E-state index contributed by atoms with van der Waals surface area (Å²) in [5.41, 5.74) is 1.09. The van der Waals surface area contributed by atoms with E-state index < -0.39 is 0 Å². The first-order valence-corrected chi connectivity index (χ1v) is 4.09. The number of nitriles is 1. The highest BCUT2D eigenvalue weighted by Crippen LogP contribution is 2.16. The largest absolute Gasteiger partial charge is 0.375 e. The lowest BCUT2D eigenvalue weighted by Gasteiger charge is -2.16. The molecule has 0 saturated heterocycles.